The van der Waals surface area contributed by atoms with Crippen LogP contribution in [0.25, 0.3) is 0 Å². The van der Waals surface area contributed by atoms with Crippen molar-refractivity contribution < 1.29 is 0 Å². The molecule has 2 heteroatoms. The second-order valence-corrected chi connectivity index (χ2v) is 8.84. The van der Waals surface area contributed by atoms with Crippen LogP contribution in [0.2, 0.25) is 11.5 Å². The van der Waals surface area contributed by atoms with E-state index < -0.39 is 0 Å². The molecule has 3 radical (unpaired) electrons. The van der Waals surface area contributed by atoms with E-state index in [-0.39, 0.29) is 5.21 Å². The highest BCUT2D eigenvalue weighted by Gasteiger charge is 2.93. The first-order valence-electron chi connectivity index (χ1n) is 8.66. The molecular formula is C17H25B2. The minimum absolute atomic E-state index is 0.0847. The zero-order valence-corrected chi connectivity index (χ0v) is 12.7. The third kappa shape index (κ3) is 0.814. The van der Waals surface area contributed by atoms with Crippen molar-refractivity contribution in [1.82, 2.24) is 0 Å². The summed E-state index contributed by atoms with van der Waals surface area (Å²) in [5, 5.41) is 0.0847. The van der Waals surface area contributed by atoms with E-state index >= 15 is 0 Å². The molecule has 0 aromatic heterocycles. The highest BCUT2D eigenvalue weighted by atomic mass is 15.0. The van der Waals surface area contributed by atoms with Gasteiger partial charge in [0.1, 0.15) is 7.28 Å². The normalized spacial score (nSPS) is 70.9. The van der Waals surface area contributed by atoms with E-state index in [2.05, 4.69) is 28.1 Å². The molecule has 5 aliphatic rings. The van der Waals surface area contributed by atoms with Crippen LogP contribution in [-0.2, 0) is 0 Å². The molecule has 1 aliphatic heterocycles. The summed E-state index contributed by atoms with van der Waals surface area (Å²) in [6.07, 6.45) is 6.77. The Balaban J connectivity index is 1.55. The maximum atomic E-state index is 7.20. The van der Waals surface area contributed by atoms with Crippen LogP contribution in [0.1, 0.15) is 46.5 Å². The molecule has 1 heterocycles. The molecular weight excluding hydrogens is 226 g/mol. The summed E-state index contributed by atoms with van der Waals surface area (Å²) < 4.78 is 0. The third-order valence-corrected chi connectivity index (χ3v) is 8.94. The molecule has 99 valence electrons. The van der Waals surface area contributed by atoms with Crippen LogP contribution in [0.3, 0.4) is 0 Å². The van der Waals surface area contributed by atoms with E-state index in [0.717, 1.165) is 35.5 Å². The van der Waals surface area contributed by atoms with Gasteiger partial charge in [-0.25, -0.2) is 0 Å². The van der Waals surface area contributed by atoms with Crippen LogP contribution in [0.15, 0.2) is 0 Å². The van der Waals surface area contributed by atoms with Gasteiger partial charge in [-0.3, -0.25) is 0 Å². The van der Waals surface area contributed by atoms with Crippen molar-refractivity contribution in [3.8, 4) is 0 Å². The average molecular weight is 251 g/mol. The molecule has 4 saturated carbocycles. The van der Waals surface area contributed by atoms with Crippen LogP contribution >= 0.6 is 0 Å². The zero-order chi connectivity index (χ0) is 13.2. The van der Waals surface area contributed by atoms with Crippen LogP contribution in [-0.4, -0.2) is 15.1 Å². The van der Waals surface area contributed by atoms with Gasteiger partial charge in [-0.15, -0.1) is 0 Å². The fourth-order valence-corrected chi connectivity index (χ4v) is 8.42. The Kier molecular flexibility index (Phi) is 1.85. The van der Waals surface area contributed by atoms with Gasteiger partial charge in [0.15, 0.2) is 0 Å². The first-order chi connectivity index (χ1) is 9.03. The molecule has 5 fully saturated rings. The quantitative estimate of drug-likeness (QED) is 0.670. The number of rotatable bonds is 3. The predicted octanol–water partition coefficient (Wildman–Crippen LogP) is 3.75. The van der Waals surface area contributed by atoms with E-state index in [1.165, 1.54) is 32.0 Å². The van der Waals surface area contributed by atoms with Gasteiger partial charge < -0.3 is 0 Å². The third-order valence-electron chi connectivity index (χ3n) is 8.94. The molecule has 0 amide bonds. The monoisotopic (exact) mass is 251 g/mol. The van der Waals surface area contributed by atoms with Crippen molar-refractivity contribution in [3.05, 3.63) is 0 Å². The number of fused-ring (bicyclic) bond motifs is 2. The Bertz CT molecular complexity index is 429. The van der Waals surface area contributed by atoms with Gasteiger partial charge in [-0.2, -0.15) is 0 Å². The van der Waals surface area contributed by atoms with Gasteiger partial charge in [0.05, 0.1) is 7.85 Å². The first kappa shape index (κ1) is 11.8. The van der Waals surface area contributed by atoms with Crippen molar-refractivity contribution in [2.75, 3.05) is 0 Å². The second kappa shape index (κ2) is 3.00. The van der Waals surface area contributed by atoms with Crippen LogP contribution < -0.4 is 0 Å². The van der Waals surface area contributed by atoms with Crippen LogP contribution in [0.4, 0.5) is 0 Å². The Morgan fingerprint density at radius 1 is 1.26 bits per heavy atom. The lowest BCUT2D eigenvalue weighted by Crippen LogP contribution is -2.93. The fraction of sp³-hybridized carbons (Fsp3) is 1.00. The highest BCUT2D eigenvalue weighted by molar-refractivity contribution is 6.56. The Labute approximate surface area is 120 Å². The standard InChI is InChI=1S/C17H25B2/c1-4-5-15(3)6-7-19-17(15,18)16-10-8-11(16)13-9(2)12(10)14(13)16/h9-14H,4-8H2,1-3H3. The van der Waals surface area contributed by atoms with Gasteiger partial charge in [0.25, 0.3) is 0 Å². The minimum Gasteiger partial charge on any atom is -0.0800 e. The van der Waals surface area contributed by atoms with E-state index in [4.69, 9.17) is 7.85 Å². The molecule has 0 aromatic rings. The number of hydrogen-bond acceptors (Lipinski definition) is 0. The maximum absolute atomic E-state index is 7.20. The Morgan fingerprint density at radius 3 is 2.53 bits per heavy atom. The largest absolute Gasteiger partial charge is 0.108 e. The summed E-state index contributed by atoms with van der Waals surface area (Å²) in [6.45, 7) is 7.36. The van der Waals surface area contributed by atoms with E-state index in [9.17, 15) is 0 Å². The molecule has 0 nitrogen and oxygen atoms in total. The van der Waals surface area contributed by atoms with Crippen molar-refractivity contribution in [1.29, 1.82) is 0 Å². The smallest absolute Gasteiger partial charge is 0.0800 e. The lowest BCUT2D eigenvalue weighted by molar-refractivity contribution is -0.477. The van der Waals surface area contributed by atoms with Crippen molar-refractivity contribution in [3.63, 3.8) is 0 Å². The predicted molar refractivity (Wildman–Crippen MR) is 80.3 cm³/mol. The highest BCUT2D eigenvalue weighted by Crippen LogP contribution is 2.98. The van der Waals surface area contributed by atoms with Gasteiger partial charge in [-0.05, 0) is 59.2 Å². The fourth-order valence-electron chi connectivity index (χ4n) is 8.42. The molecule has 0 aromatic carbocycles. The summed E-state index contributed by atoms with van der Waals surface area (Å²) in [4.78, 5) is 0. The van der Waals surface area contributed by atoms with Crippen molar-refractivity contribution >= 4 is 15.1 Å². The molecule has 5 rings (SSSR count). The topological polar surface area (TPSA) is 0 Å². The molecule has 6 unspecified atom stereocenters. The lowest BCUT2D eigenvalue weighted by atomic mass is 9.02. The van der Waals surface area contributed by atoms with Crippen molar-refractivity contribution in [2.45, 2.75) is 58.0 Å². The molecule has 6 atom stereocenters. The molecule has 19 heavy (non-hydrogen) atoms. The van der Waals surface area contributed by atoms with Crippen LogP contribution in [0.5, 0.6) is 0 Å². The molecule has 0 N–H and O–H groups in total. The summed E-state index contributed by atoms with van der Waals surface area (Å²) in [7, 11) is 9.78. The summed E-state index contributed by atoms with van der Waals surface area (Å²) in [5.41, 5.74) is 0.989. The zero-order valence-electron chi connectivity index (χ0n) is 12.7. The molecule has 4 aliphatic carbocycles. The number of hydrogen-bond donors (Lipinski definition) is 0. The summed E-state index contributed by atoms with van der Waals surface area (Å²) >= 11 is 0. The Hall–Kier alpha value is 0.130. The second-order valence-electron chi connectivity index (χ2n) is 8.84. The SMILES string of the molecule is [B]C1(C23C4CC2C2C(C)C4C23)[B]CCC1(C)CCC. The molecule has 0 spiro atoms. The first-order valence-corrected chi connectivity index (χ1v) is 8.66. The van der Waals surface area contributed by atoms with E-state index in [1.54, 1.807) is 0 Å². The lowest BCUT2D eigenvalue weighted by Gasteiger charge is -2.98. The van der Waals surface area contributed by atoms with Crippen LogP contribution in [0, 0.1) is 46.3 Å². The van der Waals surface area contributed by atoms with E-state index in [0.29, 0.717) is 10.8 Å². The summed E-state index contributed by atoms with van der Waals surface area (Å²) in [6, 6.07) is 0. The van der Waals surface area contributed by atoms with Gasteiger partial charge in [0.2, 0.25) is 0 Å². The molecule has 1 saturated heterocycles. The van der Waals surface area contributed by atoms with E-state index in [1.807, 2.05) is 0 Å². The van der Waals surface area contributed by atoms with Gasteiger partial charge in [0, 0.05) is 0 Å². The maximum Gasteiger partial charge on any atom is 0.108 e. The van der Waals surface area contributed by atoms with Crippen molar-refractivity contribution in [2.24, 2.45) is 46.3 Å². The van der Waals surface area contributed by atoms with Gasteiger partial charge >= 0.3 is 0 Å². The summed E-state index contributed by atoms with van der Waals surface area (Å²) in [5.74, 6) is 6.27. The molecule has 0 bridgehead atoms. The Morgan fingerprint density at radius 2 is 1.95 bits per heavy atom. The van der Waals surface area contributed by atoms with Gasteiger partial charge in [-0.1, -0.05) is 45.1 Å². The average Bonchev–Trinajstić information content (AvgIpc) is 2.66. The minimum atomic E-state index is 0.0847.